The van der Waals surface area contributed by atoms with Gasteiger partial charge in [-0.05, 0) is 12.2 Å². The van der Waals surface area contributed by atoms with E-state index >= 15 is 0 Å². The Morgan fingerprint density at radius 2 is 2.20 bits per heavy atom. The maximum Gasteiger partial charge on any atom is 1.00 e. The van der Waals surface area contributed by atoms with Crippen LogP contribution in [0.4, 0.5) is 4.79 Å². The molecule has 0 saturated carbocycles. The standard InChI is InChI=1S/C5H5NO3.K/c7-5(8)6-3-1-2-4-9-6;/h1-4H,(H,7,8);/q;+1/p-1. The third kappa shape index (κ3) is 2.85. The van der Waals surface area contributed by atoms with Crippen LogP contribution in [0.25, 0.3) is 0 Å². The smallest absolute Gasteiger partial charge is 0.527 e. The van der Waals surface area contributed by atoms with E-state index in [4.69, 9.17) is 0 Å². The molecule has 0 N–H and O–H groups in total. The molecule has 4 nitrogen and oxygen atoms in total. The largest absolute Gasteiger partial charge is 1.00 e. The van der Waals surface area contributed by atoms with Gasteiger partial charge in [0, 0.05) is 6.20 Å². The van der Waals surface area contributed by atoms with Crippen LogP contribution in [0, 0.1) is 0 Å². The van der Waals surface area contributed by atoms with Gasteiger partial charge in [-0.15, -0.1) is 0 Å². The Morgan fingerprint density at radius 3 is 2.50 bits per heavy atom. The van der Waals surface area contributed by atoms with Crippen molar-refractivity contribution in [2.75, 3.05) is 0 Å². The molecule has 1 heterocycles. The molecule has 10 heavy (non-hydrogen) atoms. The number of carbonyl (C=O) groups is 1. The molecule has 48 valence electrons. The summed E-state index contributed by atoms with van der Waals surface area (Å²) in [5.41, 5.74) is 0. The molecule has 0 aromatic carbocycles. The molecule has 5 heteroatoms. The van der Waals surface area contributed by atoms with Crippen molar-refractivity contribution < 1.29 is 66.1 Å². The minimum absolute atomic E-state index is 0. The number of amides is 1. The molecule has 0 atom stereocenters. The van der Waals surface area contributed by atoms with Gasteiger partial charge in [-0.2, -0.15) is 5.06 Å². The van der Waals surface area contributed by atoms with Crippen molar-refractivity contribution in [3.63, 3.8) is 0 Å². The molecule has 0 radical (unpaired) electrons. The van der Waals surface area contributed by atoms with Crippen molar-refractivity contribution in [1.82, 2.24) is 5.06 Å². The summed E-state index contributed by atoms with van der Waals surface area (Å²) in [5, 5.41) is 10.6. The first-order chi connectivity index (χ1) is 4.30. The zero-order valence-electron chi connectivity index (χ0n) is 5.48. The molecule has 1 aliphatic heterocycles. The van der Waals surface area contributed by atoms with Crippen molar-refractivity contribution in [2.24, 2.45) is 0 Å². The van der Waals surface area contributed by atoms with Crippen LogP contribution >= 0.6 is 0 Å². The zero-order valence-corrected chi connectivity index (χ0v) is 8.60. The summed E-state index contributed by atoms with van der Waals surface area (Å²) >= 11 is 0. The Labute approximate surface area is 101 Å². The molecule has 1 amide bonds. The number of carbonyl (C=O) groups excluding carboxylic acids is 1. The monoisotopic (exact) mass is 165 g/mol. The van der Waals surface area contributed by atoms with Crippen LogP contribution in [0.5, 0.6) is 0 Å². The molecule has 0 aromatic rings. The van der Waals surface area contributed by atoms with Crippen LogP contribution in [0.15, 0.2) is 24.6 Å². The van der Waals surface area contributed by atoms with Gasteiger partial charge in [0.05, 0.1) is 0 Å². The predicted octanol–water partition coefficient (Wildman–Crippen LogP) is -3.39. The van der Waals surface area contributed by atoms with Crippen molar-refractivity contribution in [3.8, 4) is 0 Å². The number of hydrogen-bond donors (Lipinski definition) is 0. The van der Waals surface area contributed by atoms with Crippen LogP contribution in [0.3, 0.4) is 0 Å². The quantitative estimate of drug-likeness (QED) is 0.352. The van der Waals surface area contributed by atoms with E-state index in [0.717, 1.165) is 0 Å². The number of nitrogens with zero attached hydrogens (tertiary/aromatic N) is 1. The molecule has 0 unspecified atom stereocenters. The van der Waals surface area contributed by atoms with Gasteiger partial charge in [-0.1, -0.05) is 0 Å². The van der Waals surface area contributed by atoms with Gasteiger partial charge in [0.25, 0.3) is 0 Å². The molecular weight excluding hydrogens is 161 g/mol. The first kappa shape index (κ1) is 10.2. The third-order valence-electron chi connectivity index (χ3n) is 0.766. The van der Waals surface area contributed by atoms with Gasteiger partial charge in [0.1, 0.15) is 6.26 Å². The predicted molar refractivity (Wildman–Crippen MR) is 26.6 cm³/mol. The van der Waals surface area contributed by atoms with Crippen LogP contribution in [-0.4, -0.2) is 11.2 Å². The van der Waals surface area contributed by atoms with Crippen molar-refractivity contribution >= 4 is 6.09 Å². The van der Waals surface area contributed by atoms with Crippen molar-refractivity contribution in [1.29, 1.82) is 0 Å². The Bertz CT molecular complexity index is 178. The minimum atomic E-state index is -1.38. The second kappa shape index (κ2) is 4.92. The van der Waals surface area contributed by atoms with Gasteiger partial charge in [-0.3, -0.25) is 0 Å². The number of hydroxylamine groups is 2. The molecule has 1 aliphatic rings. The molecule has 0 saturated heterocycles. The Kier molecular flexibility index (Phi) is 5.01. The number of allylic oxidation sites excluding steroid dienone is 2. The van der Waals surface area contributed by atoms with E-state index in [1.165, 1.54) is 18.5 Å². The number of carboxylic acid groups (broad SMARTS) is 1. The zero-order chi connectivity index (χ0) is 6.69. The van der Waals surface area contributed by atoms with E-state index in [0.29, 0.717) is 5.06 Å². The molecular formula is C5H4KNO3. The fraction of sp³-hybridized carbons (Fsp3) is 0. The van der Waals surface area contributed by atoms with Gasteiger partial charge in [0.15, 0.2) is 6.09 Å². The van der Waals surface area contributed by atoms with Gasteiger partial charge < -0.3 is 14.7 Å². The van der Waals surface area contributed by atoms with E-state index in [9.17, 15) is 9.90 Å². The molecule has 0 spiro atoms. The SMILES string of the molecule is O=C([O-])N1C=CC=CO1.[K+]. The van der Waals surface area contributed by atoms with E-state index in [-0.39, 0.29) is 51.4 Å². The van der Waals surface area contributed by atoms with Crippen molar-refractivity contribution in [2.45, 2.75) is 0 Å². The summed E-state index contributed by atoms with van der Waals surface area (Å²) in [6.45, 7) is 0. The number of rotatable bonds is 0. The number of hydrogen-bond acceptors (Lipinski definition) is 3. The maximum atomic E-state index is 9.96. The topological polar surface area (TPSA) is 52.6 Å². The Balaban J connectivity index is 0.000000810. The second-order valence-corrected chi connectivity index (χ2v) is 1.37. The molecule has 1 rings (SSSR count). The van der Waals surface area contributed by atoms with E-state index < -0.39 is 6.09 Å². The van der Waals surface area contributed by atoms with Crippen LogP contribution < -0.4 is 56.5 Å². The average molecular weight is 165 g/mol. The first-order valence-electron chi connectivity index (χ1n) is 2.31. The van der Waals surface area contributed by atoms with E-state index in [1.54, 1.807) is 6.08 Å². The second-order valence-electron chi connectivity index (χ2n) is 1.37. The summed E-state index contributed by atoms with van der Waals surface area (Å²) < 4.78 is 0. The van der Waals surface area contributed by atoms with E-state index in [1.807, 2.05) is 0 Å². The van der Waals surface area contributed by atoms with Gasteiger partial charge >= 0.3 is 51.4 Å². The molecule has 0 fully saturated rings. The Hall–Kier alpha value is 0.186. The van der Waals surface area contributed by atoms with Crippen LogP contribution in [0.2, 0.25) is 0 Å². The summed E-state index contributed by atoms with van der Waals surface area (Å²) in [7, 11) is 0. The maximum absolute atomic E-state index is 9.96. The summed E-state index contributed by atoms with van der Waals surface area (Å²) in [5.74, 6) is 0. The van der Waals surface area contributed by atoms with Gasteiger partial charge in [-0.25, -0.2) is 0 Å². The van der Waals surface area contributed by atoms with Crippen LogP contribution in [0.1, 0.15) is 0 Å². The normalized spacial score (nSPS) is 13.8. The summed E-state index contributed by atoms with van der Waals surface area (Å²) in [6, 6.07) is 0. The fourth-order valence-electron chi connectivity index (χ4n) is 0.413. The Morgan fingerprint density at radius 1 is 1.50 bits per heavy atom. The summed E-state index contributed by atoms with van der Waals surface area (Å²) in [4.78, 5) is 14.4. The molecule has 0 aromatic heterocycles. The fourth-order valence-corrected chi connectivity index (χ4v) is 0.413. The summed E-state index contributed by atoms with van der Waals surface area (Å²) in [6.07, 6.45) is 4.21. The van der Waals surface area contributed by atoms with Gasteiger partial charge in [0.2, 0.25) is 0 Å². The molecule has 0 aliphatic carbocycles. The average Bonchev–Trinajstić information content (AvgIpc) is 1.90. The third-order valence-corrected chi connectivity index (χ3v) is 0.766. The molecule has 0 bridgehead atoms. The minimum Gasteiger partial charge on any atom is -0.527 e. The van der Waals surface area contributed by atoms with Crippen LogP contribution in [-0.2, 0) is 4.84 Å². The van der Waals surface area contributed by atoms with E-state index in [2.05, 4.69) is 4.84 Å². The first-order valence-corrected chi connectivity index (χ1v) is 2.31. The van der Waals surface area contributed by atoms with Crippen molar-refractivity contribution in [3.05, 3.63) is 24.6 Å².